The molecule has 0 aliphatic rings. The minimum atomic E-state index is -0.749. The zero-order valence-electron chi connectivity index (χ0n) is 13.2. The highest BCUT2D eigenvalue weighted by molar-refractivity contribution is 5.85. The second-order valence-electron chi connectivity index (χ2n) is 5.71. The van der Waals surface area contributed by atoms with Gasteiger partial charge in [0.2, 0.25) is 0 Å². The number of hydrogen-bond donors (Lipinski definition) is 1. The second-order valence-corrected chi connectivity index (χ2v) is 5.71. The molecule has 0 saturated heterocycles. The number of nitro groups is 1. The summed E-state index contributed by atoms with van der Waals surface area (Å²) in [6, 6.07) is 4.53. The van der Waals surface area contributed by atoms with Crippen molar-refractivity contribution >= 4 is 17.6 Å². The Hall–Kier alpha value is -3.48. The van der Waals surface area contributed by atoms with Crippen molar-refractivity contribution in [3.05, 3.63) is 40.2 Å². The number of carbonyl (C=O) groups excluding carboxylic acids is 1. The lowest BCUT2D eigenvalue weighted by molar-refractivity contribution is -0.385. The summed E-state index contributed by atoms with van der Waals surface area (Å²) in [6.45, 7) is 5.12. The molecule has 0 atom stereocenters. The highest BCUT2D eigenvalue weighted by atomic mass is 16.6. The van der Waals surface area contributed by atoms with Crippen LogP contribution in [0.5, 0.6) is 0 Å². The lowest BCUT2D eigenvalue weighted by atomic mass is 10.2. The number of aromatic nitrogens is 3. The largest absolute Gasteiger partial charge is 0.444 e. The molecular weight excluding hydrogens is 316 g/mol. The molecule has 0 unspecified atom stereocenters. The van der Waals surface area contributed by atoms with Crippen LogP contribution in [0, 0.1) is 21.4 Å². The van der Waals surface area contributed by atoms with E-state index in [-0.39, 0.29) is 22.9 Å². The predicted octanol–water partition coefficient (Wildman–Crippen LogP) is 2.39. The number of nitrogens with one attached hydrogen (secondary N) is 1. The van der Waals surface area contributed by atoms with Crippen LogP contribution in [0.3, 0.4) is 0 Å². The standard InChI is InChI=1S/C14H14N6O4/c1-14(2,3)24-13(21)17-12-9(6-15)8-19(18-12)11-5-4-10(7-16-11)20(22)23/h4-5,7-8H,1-3H3,(H,17,18,21). The Labute approximate surface area is 136 Å². The van der Waals surface area contributed by atoms with Crippen LogP contribution in [-0.2, 0) is 4.74 Å². The summed E-state index contributed by atoms with van der Waals surface area (Å²) < 4.78 is 6.33. The van der Waals surface area contributed by atoms with Crippen molar-refractivity contribution in [1.29, 1.82) is 5.26 Å². The lowest BCUT2D eigenvalue weighted by Gasteiger charge is -2.19. The van der Waals surface area contributed by atoms with Gasteiger partial charge in [-0.3, -0.25) is 15.4 Å². The Kier molecular flexibility index (Phi) is 4.45. The van der Waals surface area contributed by atoms with E-state index in [1.165, 1.54) is 23.0 Å². The van der Waals surface area contributed by atoms with Gasteiger partial charge in [0.25, 0.3) is 5.69 Å². The van der Waals surface area contributed by atoms with Crippen molar-refractivity contribution in [2.45, 2.75) is 26.4 Å². The van der Waals surface area contributed by atoms with Gasteiger partial charge in [-0.2, -0.15) is 5.26 Å². The Bertz CT molecular complexity index is 813. The molecule has 0 aromatic carbocycles. The van der Waals surface area contributed by atoms with E-state index in [4.69, 9.17) is 10.00 Å². The summed E-state index contributed by atoms with van der Waals surface area (Å²) in [5.41, 5.74) is -0.765. The zero-order chi connectivity index (χ0) is 17.9. The van der Waals surface area contributed by atoms with Crippen LogP contribution in [0.4, 0.5) is 16.3 Å². The maximum absolute atomic E-state index is 11.8. The van der Waals surface area contributed by atoms with Gasteiger partial charge in [-0.15, -0.1) is 5.10 Å². The van der Waals surface area contributed by atoms with Crippen molar-refractivity contribution in [2.75, 3.05) is 5.32 Å². The van der Waals surface area contributed by atoms with E-state index in [1.807, 2.05) is 6.07 Å². The molecule has 124 valence electrons. The average molecular weight is 330 g/mol. The van der Waals surface area contributed by atoms with Gasteiger partial charge in [0.05, 0.1) is 11.1 Å². The number of carbonyl (C=O) groups is 1. The summed E-state index contributed by atoms with van der Waals surface area (Å²) in [7, 11) is 0. The molecule has 2 aromatic heterocycles. The Morgan fingerprint density at radius 3 is 2.67 bits per heavy atom. The van der Waals surface area contributed by atoms with Gasteiger partial charge in [0, 0.05) is 6.07 Å². The van der Waals surface area contributed by atoms with Gasteiger partial charge >= 0.3 is 6.09 Å². The predicted molar refractivity (Wildman–Crippen MR) is 82.6 cm³/mol. The summed E-state index contributed by atoms with van der Waals surface area (Å²) in [5.74, 6) is 0.265. The molecule has 0 spiro atoms. The number of nitrogens with zero attached hydrogens (tertiary/aromatic N) is 5. The fraction of sp³-hybridized carbons (Fsp3) is 0.286. The normalized spacial score (nSPS) is 10.8. The molecule has 0 bridgehead atoms. The molecule has 10 nitrogen and oxygen atoms in total. The third-order valence-electron chi connectivity index (χ3n) is 2.63. The maximum Gasteiger partial charge on any atom is 0.413 e. The quantitative estimate of drug-likeness (QED) is 0.674. The number of ether oxygens (including phenoxy) is 1. The number of nitriles is 1. The third kappa shape index (κ3) is 4.04. The van der Waals surface area contributed by atoms with E-state index in [0.717, 1.165) is 6.20 Å². The molecular formula is C14H14N6O4. The van der Waals surface area contributed by atoms with Crippen LogP contribution in [0.15, 0.2) is 24.5 Å². The van der Waals surface area contributed by atoms with Gasteiger partial charge in [-0.25, -0.2) is 14.5 Å². The molecule has 10 heteroatoms. The van der Waals surface area contributed by atoms with Gasteiger partial charge in [-0.05, 0) is 26.8 Å². The first-order valence-electron chi connectivity index (χ1n) is 6.80. The summed E-state index contributed by atoms with van der Waals surface area (Å²) in [4.78, 5) is 25.7. The number of rotatable bonds is 3. The first kappa shape index (κ1) is 16.9. The number of hydrogen-bond acceptors (Lipinski definition) is 7. The Morgan fingerprint density at radius 2 is 2.17 bits per heavy atom. The average Bonchev–Trinajstić information content (AvgIpc) is 2.88. The molecule has 0 fully saturated rings. The first-order valence-corrected chi connectivity index (χ1v) is 6.80. The lowest BCUT2D eigenvalue weighted by Crippen LogP contribution is -2.27. The van der Waals surface area contributed by atoms with E-state index >= 15 is 0 Å². The summed E-state index contributed by atoms with van der Waals surface area (Å²) in [5, 5.41) is 26.2. The fourth-order valence-electron chi connectivity index (χ4n) is 1.69. The molecule has 0 radical (unpaired) electrons. The van der Waals surface area contributed by atoms with Crippen LogP contribution >= 0.6 is 0 Å². The summed E-state index contributed by atoms with van der Waals surface area (Å²) >= 11 is 0. The smallest absolute Gasteiger partial charge is 0.413 e. The molecule has 0 saturated carbocycles. The van der Waals surface area contributed by atoms with Gasteiger partial charge in [0.15, 0.2) is 11.6 Å². The molecule has 2 rings (SSSR count). The highest BCUT2D eigenvalue weighted by Crippen LogP contribution is 2.18. The van der Waals surface area contributed by atoms with Crippen molar-refractivity contribution in [1.82, 2.24) is 14.8 Å². The van der Waals surface area contributed by atoms with E-state index in [2.05, 4.69) is 15.4 Å². The van der Waals surface area contributed by atoms with Crippen LogP contribution in [-0.4, -0.2) is 31.4 Å². The SMILES string of the molecule is CC(C)(C)OC(=O)Nc1nn(-c2ccc([N+](=O)[O-])cn2)cc1C#N. The summed E-state index contributed by atoms with van der Waals surface area (Å²) in [6.07, 6.45) is 1.67. The van der Waals surface area contributed by atoms with Crippen LogP contribution in [0.25, 0.3) is 5.82 Å². The van der Waals surface area contributed by atoms with Crippen LogP contribution < -0.4 is 5.32 Å². The van der Waals surface area contributed by atoms with E-state index in [1.54, 1.807) is 20.8 Å². The zero-order valence-corrected chi connectivity index (χ0v) is 13.2. The number of amides is 1. The van der Waals surface area contributed by atoms with E-state index in [0.29, 0.717) is 0 Å². The number of pyridine rings is 1. The minimum absolute atomic E-state index is 0.00639. The van der Waals surface area contributed by atoms with Gasteiger partial charge in [0.1, 0.15) is 23.4 Å². The van der Waals surface area contributed by atoms with Crippen molar-refractivity contribution < 1.29 is 14.5 Å². The molecule has 0 aliphatic carbocycles. The molecule has 0 aliphatic heterocycles. The maximum atomic E-state index is 11.8. The Balaban J connectivity index is 2.25. The molecule has 1 amide bonds. The van der Waals surface area contributed by atoms with E-state index in [9.17, 15) is 14.9 Å². The molecule has 24 heavy (non-hydrogen) atoms. The van der Waals surface area contributed by atoms with Gasteiger partial charge < -0.3 is 4.74 Å². The van der Waals surface area contributed by atoms with Gasteiger partial charge in [-0.1, -0.05) is 0 Å². The van der Waals surface area contributed by atoms with Crippen molar-refractivity contribution in [3.8, 4) is 11.9 Å². The van der Waals surface area contributed by atoms with E-state index < -0.39 is 16.6 Å². The third-order valence-corrected chi connectivity index (χ3v) is 2.63. The fourth-order valence-corrected chi connectivity index (χ4v) is 1.69. The number of anilines is 1. The second kappa shape index (κ2) is 6.33. The Morgan fingerprint density at radius 1 is 1.46 bits per heavy atom. The van der Waals surface area contributed by atoms with Crippen LogP contribution in [0.1, 0.15) is 26.3 Å². The topological polar surface area (TPSA) is 136 Å². The minimum Gasteiger partial charge on any atom is -0.444 e. The first-order chi connectivity index (χ1) is 11.2. The van der Waals surface area contributed by atoms with Crippen molar-refractivity contribution in [3.63, 3.8) is 0 Å². The molecule has 2 heterocycles. The van der Waals surface area contributed by atoms with Crippen molar-refractivity contribution in [2.24, 2.45) is 0 Å². The van der Waals surface area contributed by atoms with Crippen LogP contribution in [0.2, 0.25) is 0 Å². The molecule has 2 aromatic rings. The monoisotopic (exact) mass is 330 g/mol. The molecule has 1 N–H and O–H groups in total. The highest BCUT2D eigenvalue weighted by Gasteiger charge is 2.19.